The van der Waals surface area contributed by atoms with Gasteiger partial charge in [-0.2, -0.15) is 5.10 Å². The third kappa shape index (κ3) is 10.8. The van der Waals surface area contributed by atoms with Gasteiger partial charge >= 0.3 is 6.09 Å². The van der Waals surface area contributed by atoms with Crippen molar-refractivity contribution in [1.82, 2.24) is 25.7 Å². The second-order valence-electron chi connectivity index (χ2n) is 7.13. The molecule has 8 nitrogen and oxygen atoms in total. The maximum absolute atomic E-state index is 11.9. The monoisotopic (exact) mass is 466 g/mol. The summed E-state index contributed by atoms with van der Waals surface area (Å²) in [5, 5.41) is 13.4. The van der Waals surface area contributed by atoms with Crippen LogP contribution in [-0.4, -0.2) is 53.1 Å². The number of hydrogen-bond acceptors (Lipinski definition) is 4. The number of carbonyl (C=O) groups is 1. The van der Waals surface area contributed by atoms with Gasteiger partial charge in [-0.25, -0.2) is 4.79 Å². The average molecular weight is 466 g/mol. The molecule has 1 aromatic rings. The van der Waals surface area contributed by atoms with E-state index in [2.05, 4.69) is 26.0 Å². The molecule has 0 saturated heterocycles. The molecule has 0 bridgehead atoms. The van der Waals surface area contributed by atoms with Gasteiger partial charge in [-0.15, -0.1) is 24.0 Å². The van der Waals surface area contributed by atoms with Gasteiger partial charge in [0.05, 0.1) is 12.1 Å². The topological polar surface area (TPSA) is 92.6 Å². The number of nitrogens with zero attached hydrogens (tertiary/aromatic N) is 3. The van der Waals surface area contributed by atoms with Crippen LogP contribution in [0.3, 0.4) is 0 Å². The lowest BCUT2D eigenvalue weighted by Gasteiger charge is -2.29. The molecule has 3 N–H and O–H groups in total. The van der Waals surface area contributed by atoms with Crippen LogP contribution >= 0.6 is 24.0 Å². The Labute approximate surface area is 167 Å². The molecule has 0 aliphatic carbocycles. The lowest BCUT2D eigenvalue weighted by atomic mass is 10.1. The molecule has 144 valence electrons. The first-order valence-corrected chi connectivity index (χ1v) is 8.04. The summed E-state index contributed by atoms with van der Waals surface area (Å²) in [6, 6.07) is 1.89. The first-order chi connectivity index (χ1) is 11.1. The van der Waals surface area contributed by atoms with Crippen molar-refractivity contribution in [1.29, 1.82) is 0 Å². The Bertz CT molecular complexity index is 537. The molecule has 0 aliphatic heterocycles. The van der Waals surface area contributed by atoms with Gasteiger partial charge in [0.2, 0.25) is 0 Å². The number of alkyl carbamates (subject to hydrolysis) is 1. The van der Waals surface area contributed by atoms with E-state index in [9.17, 15) is 4.79 Å². The van der Waals surface area contributed by atoms with Gasteiger partial charge in [0.15, 0.2) is 5.96 Å². The first-order valence-electron chi connectivity index (χ1n) is 8.04. The SMILES string of the molecule is CN=C(NCCn1cccn1)NCC(C)(C)NC(=O)OC(C)(C)C.I. The van der Waals surface area contributed by atoms with Crippen molar-refractivity contribution in [3.05, 3.63) is 18.5 Å². The lowest BCUT2D eigenvalue weighted by Crippen LogP contribution is -2.54. The largest absolute Gasteiger partial charge is 0.444 e. The van der Waals surface area contributed by atoms with E-state index in [0.717, 1.165) is 6.54 Å². The van der Waals surface area contributed by atoms with Crippen LogP contribution in [0.5, 0.6) is 0 Å². The van der Waals surface area contributed by atoms with E-state index in [4.69, 9.17) is 4.74 Å². The molecular weight excluding hydrogens is 435 g/mol. The van der Waals surface area contributed by atoms with Gasteiger partial charge in [0.25, 0.3) is 0 Å². The number of aliphatic imine (C=N–C) groups is 1. The number of nitrogens with one attached hydrogen (secondary N) is 3. The standard InChI is InChI=1S/C16H30N6O2.HI/c1-15(2,3)24-14(23)21-16(4,5)12-19-13(17-6)18-9-11-22-10-7-8-20-22;/h7-8,10H,9,11-12H2,1-6H3,(H,21,23)(H2,17,18,19);1H. The quantitative estimate of drug-likeness (QED) is 0.339. The van der Waals surface area contributed by atoms with E-state index in [-0.39, 0.29) is 24.0 Å². The molecule has 9 heteroatoms. The number of ether oxygens (including phenoxy) is 1. The minimum absolute atomic E-state index is 0. The smallest absolute Gasteiger partial charge is 0.408 e. The molecule has 0 fully saturated rings. The van der Waals surface area contributed by atoms with Crippen molar-refractivity contribution >= 4 is 36.0 Å². The van der Waals surface area contributed by atoms with E-state index < -0.39 is 17.2 Å². The number of hydrogen-bond donors (Lipinski definition) is 3. The van der Waals surface area contributed by atoms with Crippen molar-refractivity contribution in [2.45, 2.75) is 52.3 Å². The maximum Gasteiger partial charge on any atom is 0.408 e. The van der Waals surface area contributed by atoms with Crippen LogP contribution in [0.4, 0.5) is 4.79 Å². The third-order valence-electron chi connectivity index (χ3n) is 2.95. The van der Waals surface area contributed by atoms with E-state index >= 15 is 0 Å². The fraction of sp³-hybridized carbons (Fsp3) is 0.688. The molecule has 1 rings (SSSR count). The normalized spacial score (nSPS) is 12.2. The van der Waals surface area contributed by atoms with Crippen molar-refractivity contribution in [2.75, 3.05) is 20.1 Å². The average Bonchev–Trinajstić information content (AvgIpc) is 2.92. The van der Waals surface area contributed by atoms with Crippen LogP contribution in [0.2, 0.25) is 0 Å². The first kappa shape index (κ1) is 23.5. The van der Waals surface area contributed by atoms with Crippen LogP contribution in [0.1, 0.15) is 34.6 Å². The Morgan fingerprint density at radius 2 is 1.92 bits per heavy atom. The van der Waals surface area contributed by atoms with Crippen molar-refractivity contribution < 1.29 is 9.53 Å². The molecule has 0 aliphatic rings. The molecule has 0 radical (unpaired) electrons. The molecule has 1 amide bonds. The summed E-state index contributed by atoms with van der Waals surface area (Å²) in [5.41, 5.74) is -1.00. The predicted molar refractivity (Wildman–Crippen MR) is 110 cm³/mol. The molecule has 1 aromatic heterocycles. The molecule has 0 saturated carbocycles. The molecule has 0 unspecified atom stereocenters. The Kier molecular flexibility index (Phi) is 9.83. The fourth-order valence-corrected chi connectivity index (χ4v) is 1.87. The zero-order chi connectivity index (χ0) is 18.2. The molecule has 0 aromatic carbocycles. The van der Waals surface area contributed by atoms with E-state index in [1.165, 1.54) is 0 Å². The third-order valence-corrected chi connectivity index (χ3v) is 2.95. The highest BCUT2D eigenvalue weighted by Crippen LogP contribution is 2.09. The highest BCUT2D eigenvalue weighted by molar-refractivity contribution is 14.0. The zero-order valence-electron chi connectivity index (χ0n) is 15.9. The van der Waals surface area contributed by atoms with Crippen LogP contribution in [0.25, 0.3) is 0 Å². The second-order valence-corrected chi connectivity index (χ2v) is 7.13. The van der Waals surface area contributed by atoms with E-state index in [1.807, 2.05) is 51.6 Å². The fourth-order valence-electron chi connectivity index (χ4n) is 1.87. The van der Waals surface area contributed by atoms with Gasteiger partial charge in [0.1, 0.15) is 5.60 Å². The highest BCUT2D eigenvalue weighted by Gasteiger charge is 2.24. The number of aromatic nitrogens is 2. The lowest BCUT2D eigenvalue weighted by molar-refractivity contribution is 0.0474. The number of guanidine groups is 1. The Morgan fingerprint density at radius 1 is 1.24 bits per heavy atom. The second kappa shape index (κ2) is 10.5. The van der Waals surface area contributed by atoms with Crippen molar-refractivity contribution in [3.63, 3.8) is 0 Å². The van der Waals surface area contributed by atoms with Crippen LogP contribution in [-0.2, 0) is 11.3 Å². The van der Waals surface area contributed by atoms with Crippen LogP contribution in [0.15, 0.2) is 23.5 Å². The summed E-state index contributed by atoms with van der Waals surface area (Å²) >= 11 is 0. The molecular formula is C16H31IN6O2. The van der Waals surface area contributed by atoms with Crippen LogP contribution in [0, 0.1) is 0 Å². The number of amides is 1. The van der Waals surface area contributed by atoms with Crippen molar-refractivity contribution in [2.24, 2.45) is 4.99 Å². The highest BCUT2D eigenvalue weighted by atomic mass is 127. The summed E-state index contributed by atoms with van der Waals surface area (Å²) < 4.78 is 7.12. The minimum Gasteiger partial charge on any atom is -0.444 e. The van der Waals surface area contributed by atoms with Crippen LogP contribution < -0.4 is 16.0 Å². The summed E-state index contributed by atoms with van der Waals surface area (Å²) in [6.45, 7) is 11.3. The molecule has 25 heavy (non-hydrogen) atoms. The Hall–Kier alpha value is -1.52. The maximum atomic E-state index is 11.9. The predicted octanol–water partition coefficient (Wildman–Crippen LogP) is 1.97. The van der Waals surface area contributed by atoms with Gasteiger partial charge in [-0.1, -0.05) is 0 Å². The van der Waals surface area contributed by atoms with Gasteiger partial charge in [-0.3, -0.25) is 9.67 Å². The summed E-state index contributed by atoms with van der Waals surface area (Å²) in [7, 11) is 1.71. The van der Waals surface area contributed by atoms with E-state index in [1.54, 1.807) is 13.2 Å². The molecule has 1 heterocycles. The van der Waals surface area contributed by atoms with Crippen molar-refractivity contribution in [3.8, 4) is 0 Å². The van der Waals surface area contributed by atoms with Gasteiger partial charge < -0.3 is 20.7 Å². The molecule has 0 spiro atoms. The Morgan fingerprint density at radius 3 is 2.44 bits per heavy atom. The number of halogens is 1. The summed E-state index contributed by atoms with van der Waals surface area (Å²) in [4.78, 5) is 16.0. The van der Waals surface area contributed by atoms with Gasteiger partial charge in [-0.05, 0) is 40.7 Å². The summed E-state index contributed by atoms with van der Waals surface area (Å²) in [6.07, 6.45) is 3.22. The number of rotatable bonds is 6. The van der Waals surface area contributed by atoms with Gasteiger partial charge in [0, 0.05) is 32.5 Å². The van der Waals surface area contributed by atoms with E-state index in [0.29, 0.717) is 19.0 Å². The molecule has 0 atom stereocenters. The zero-order valence-corrected chi connectivity index (χ0v) is 18.3. The summed E-state index contributed by atoms with van der Waals surface area (Å²) in [5.74, 6) is 0.668. The minimum atomic E-state index is -0.516. The Balaban J connectivity index is 0.00000576. The number of carbonyl (C=O) groups excluding carboxylic acids is 1.